The fourth-order valence-corrected chi connectivity index (χ4v) is 2.45. The SMILES string of the molecule is CNC(Cc1cccc(O)c1)c1ncc(Cl)cc1Cl. The minimum atomic E-state index is -0.0356. The second kappa shape index (κ2) is 6.24. The molecule has 0 aliphatic rings. The zero-order valence-corrected chi connectivity index (χ0v) is 11.9. The zero-order chi connectivity index (χ0) is 13.8. The van der Waals surface area contributed by atoms with Crippen molar-refractivity contribution < 1.29 is 5.11 Å². The Morgan fingerprint density at radius 2 is 2.11 bits per heavy atom. The molecule has 0 aliphatic heterocycles. The van der Waals surface area contributed by atoms with E-state index >= 15 is 0 Å². The Morgan fingerprint density at radius 1 is 1.32 bits per heavy atom. The van der Waals surface area contributed by atoms with Crippen LogP contribution in [0.25, 0.3) is 0 Å². The van der Waals surface area contributed by atoms with E-state index in [4.69, 9.17) is 23.2 Å². The molecule has 19 heavy (non-hydrogen) atoms. The summed E-state index contributed by atoms with van der Waals surface area (Å²) < 4.78 is 0. The van der Waals surface area contributed by atoms with E-state index < -0.39 is 0 Å². The maximum Gasteiger partial charge on any atom is 0.115 e. The summed E-state index contributed by atoms with van der Waals surface area (Å²) in [5.74, 6) is 0.252. The first kappa shape index (κ1) is 14.1. The van der Waals surface area contributed by atoms with E-state index in [1.807, 2.05) is 19.2 Å². The molecule has 0 fully saturated rings. The first-order valence-corrected chi connectivity index (χ1v) is 6.62. The zero-order valence-electron chi connectivity index (χ0n) is 10.4. The van der Waals surface area contributed by atoms with E-state index in [0.29, 0.717) is 16.5 Å². The van der Waals surface area contributed by atoms with Gasteiger partial charge in [0.1, 0.15) is 5.75 Å². The lowest BCUT2D eigenvalue weighted by molar-refractivity contribution is 0.473. The number of rotatable bonds is 4. The van der Waals surface area contributed by atoms with Crippen molar-refractivity contribution in [1.82, 2.24) is 10.3 Å². The number of aromatic hydroxyl groups is 1. The largest absolute Gasteiger partial charge is 0.508 e. The van der Waals surface area contributed by atoms with Crippen LogP contribution in [0.5, 0.6) is 5.75 Å². The predicted octanol–water partition coefficient (Wildman–Crippen LogP) is 3.60. The van der Waals surface area contributed by atoms with E-state index in [0.717, 1.165) is 11.3 Å². The summed E-state index contributed by atoms with van der Waals surface area (Å²) in [4.78, 5) is 4.28. The van der Waals surface area contributed by atoms with E-state index in [1.165, 1.54) is 0 Å². The Bertz CT molecular complexity index is 575. The molecule has 0 radical (unpaired) electrons. The standard InChI is InChI=1S/C14H14Cl2N2O/c1-17-13(6-9-3-2-4-11(19)5-9)14-12(16)7-10(15)8-18-14/h2-5,7-8,13,17,19H,6H2,1H3. The van der Waals surface area contributed by atoms with Crippen LogP contribution in [0.15, 0.2) is 36.5 Å². The second-order valence-corrected chi connectivity index (χ2v) is 5.08. The van der Waals surface area contributed by atoms with Crippen molar-refractivity contribution >= 4 is 23.2 Å². The van der Waals surface area contributed by atoms with Gasteiger partial charge in [0.05, 0.1) is 21.8 Å². The molecule has 1 atom stereocenters. The summed E-state index contributed by atoms with van der Waals surface area (Å²) in [5.41, 5.74) is 1.75. The molecule has 1 unspecified atom stereocenters. The quantitative estimate of drug-likeness (QED) is 0.906. The maximum absolute atomic E-state index is 9.48. The Labute approximate surface area is 122 Å². The smallest absolute Gasteiger partial charge is 0.115 e. The molecule has 1 aromatic carbocycles. The summed E-state index contributed by atoms with van der Waals surface area (Å²) in [6.07, 6.45) is 2.26. The van der Waals surface area contributed by atoms with Gasteiger partial charge in [-0.25, -0.2) is 0 Å². The predicted molar refractivity (Wildman–Crippen MR) is 77.9 cm³/mol. The van der Waals surface area contributed by atoms with E-state index in [2.05, 4.69) is 10.3 Å². The van der Waals surface area contributed by atoms with Crippen LogP contribution < -0.4 is 5.32 Å². The van der Waals surface area contributed by atoms with Gasteiger partial charge in [0.15, 0.2) is 0 Å². The van der Waals surface area contributed by atoms with Crippen LogP contribution in [0.2, 0.25) is 10.0 Å². The van der Waals surface area contributed by atoms with Crippen LogP contribution in [-0.2, 0) is 6.42 Å². The summed E-state index contributed by atoms with van der Waals surface area (Å²) in [6, 6.07) is 8.78. The molecule has 0 saturated heterocycles. The van der Waals surface area contributed by atoms with Crippen molar-refractivity contribution in [2.75, 3.05) is 7.05 Å². The van der Waals surface area contributed by atoms with Crippen molar-refractivity contribution in [2.45, 2.75) is 12.5 Å². The monoisotopic (exact) mass is 296 g/mol. The minimum absolute atomic E-state index is 0.0356. The highest BCUT2D eigenvalue weighted by molar-refractivity contribution is 6.34. The molecule has 0 saturated carbocycles. The average molecular weight is 297 g/mol. The fraction of sp³-hybridized carbons (Fsp3) is 0.214. The van der Waals surface area contributed by atoms with E-state index in [1.54, 1.807) is 24.4 Å². The topological polar surface area (TPSA) is 45.1 Å². The highest BCUT2D eigenvalue weighted by Crippen LogP contribution is 2.26. The number of hydrogen-bond donors (Lipinski definition) is 2. The van der Waals surface area contributed by atoms with E-state index in [-0.39, 0.29) is 11.8 Å². The van der Waals surface area contributed by atoms with Crippen molar-refractivity contribution in [3.8, 4) is 5.75 Å². The first-order chi connectivity index (χ1) is 9.10. The summed E-state index contributed by atoms with van der Waals surface area (Å²) in [6.45, 7) is 0. The molecular formula is C14H14Cl2N2O. The number of nitrogens with zero attached hydrogens (tertiary/aromatic N) is 1. The molecule has 0 amide bonds. The molecule has 1 heterocycles. The van der Waals surface area contributed by atoms with Crippen molar-refractivity contribution in [2.24, 2.45) is 0 Å². The van der Waals surface area contributed by atoms with Gasteiger partial charge in [-0.2, -0.15) is 0 Å². The minimum Gasteiger partial charge on any atom is -0.508 e. The third-order valence-corrected chi connectivity index (χ3v) is 3.37. The van der Waals surface area contributed by atoms with Gasteiger partial charge in [-0.15, -0.1) is 0 Å². The molecule has 0 aliphatic carbocycles. The first-order valence-electron chi connectivity index (χ1n) is 5.86. The van der Waals surface area contributed by atoms with E-state index in [9.17, 15) is 5.11 Å². The highest BCUT2D eigenvalue weighted by Gasteiger charge is 2.15. The number of likely N-dealkylation sites (N-methyl/N-ethyl adjacent to an activating group) is 1. The van der Waals surface area contributed by atoms with Gasteiger partial charge in [-0.3, -0.25) is 4.98 Å². The number of pyridine rings is 1. The van der Waals surface area contributed by atoms with Crippen LogP contribution in [0, 0.1) is 0 Å². The van der Waals surface area contributed by atoms with Crippen LogP contribution in [0.1, 0.15) is 17.3 Å². The summed E-state index contributed by atoms with van der Waals surface area (Å²) in [5, 5.41) is 13.7. The normalized spacial score (nSPS) is 12.4. The third kappa shape index (κ3) is 3.60. The molecule has 1 aromatic heterocycles. The summed E-state index contributed by atoms with van der Waals surface area (Å²) in [7, 11) is 1.85. The Hall–Kier alpha value is -1.29. The fourth-order valence-electron chi connectivity index (χ4n) is 1.94. The molecule has 100 valence electrons. The molecule has 3 nitrogen and oxygen atoms in total. The Morgan fingerprint density at radius 3 is 2.74 bits per heavy atom. The number of phenols is 1. The van der Waals surface area contributed by atoms with Crippen LogP contribution >= 0.6 is 23.2 Å². The molecular weight excluding hydrogens is 283 g/mol. The van der Waals surface area contributed by atoms with Crippen molar-refractivity contribution in [3.63, 3.8) is 0 Å². The molecule has 2 aromatic rings. The molecule has 2 N–H and O–H groups in total. The van der Waals surface area contributed by atoms with Crippen LogP contribution in [-0.4, -0.2) is 17.1 Å². The molecule has 5 heteroatoms. The maximum atomic E-state index is 9.48. The lowest BCUT2D eigenvalue weighted by Gasteiger charge is -2.17. The van der Waals surface area contributed by atoms with Gasteiger partial charge in [-0.05, 0) is 37.2 Å². The van der Waals surface area contributed by atoms with Gasteiger partial charge in [0.2, 0.25) is 0 Å². The van der Waals surface area contributed by atoms with Crippen molar-refractivity contribution in [3.05, 3.63) is 57.8 Å². The number of nitrogens with one attached hydrogen (secondary N) is 1. The van der Waals surface area contributed by atoms with Crippen LogP contribution in [0.3, 0.4) is 0 Å². The molecule has 2 rings (SSSR count). The van der Waals surface area contributed by atoms with Crippen LogP contribution in [0.4, 0.5) is 0 Å². The molecule has 0 bridgehead atoms. The summed E-state index contributed by atoms with van der Waals surface area (Å²) >= 11 is 12.0. The molecule has 0 spiro atoms. The number of halogens is 2. The third-order valence-electron chi connectivity index (χ3n) is 2.87. The van der Waals surface area contributed by atoms with Gasteiger partial charge in [-0.1, -0.05) is 35.3 Å². The lowest BCUT2D eigenvalue weighted by Crippen LogP contribution is -2.20. The van der Waals surface area contributed by atoms with Crippen molar-refractivity contribution in [1.29, 1.82) is 0 Å². The Kier molecular flexibility index (Phi) is 4.64. The Balaban J connectivity index is 2.25. The highest BCUT2D eigenvalue weighted by atomic mass is 35.5. The lowest BCUT2D eigenvalue weighted by atomic mass is 10.0. The van der Waals surface area contributed by atoms with Gasteiger partial charge >= 0.3 is 0 Å². The average Bonchev–Trinajstić information content (AvgIpc) is 2.37. The van der Waals surface area contributed by atoms with Gasteiger partial charge in [0, 0.05) is 6.20 Å². The van der Waals surface area contributed by atoms with Gasteiger partial charge in [0.25, 0.3) is 0 Å². The number of phenolic OH excluding ortho intramolecular Hbond substituents is 1. The number of benzene rings is 1. The second-order valence-electron chi connectivity index (χ2n) is 4.24. The number of hydrogen-bond acceptors (Lipinski definition) is 3. The number of aromatic nitrogens is 1. The van der Waals surface area contributed by atoms with Gasteiger partial charge < -0.3 is 10.4 Å².